The van der Waals surface area contributed by atoms with Crippen molar-refractivity contribution in [1.82, 2.24) is 10.7 Å². The van der Waals surface area contributed by atoms with Crippen LogP contribution in [0.15, 0.2) is 83.2 Å². The average Bonchev–Trinajstić information content (AvgIpc) is 3.45. The SMILES string of the molecule is CCCC(C[C@H]1CCC2=C1[C@@H](C)C1=CNN(c3ccc(F)cc3)C1=C2)NC(=O)Cc1cccc(O)c1. The summed E-state index contributed by atoms with van der Waals surface area (Å²) < 4.78 is 13.4. The third-order valence-electron chi connectivity index (χ3n) is 7.63. The smallest absolute Gasteiger partial charge is 0.224 e. The first-order valence-corrected chi connectivity index (χ1v) is 13.0. The Morgan fingerprint density at radius 2 is 2.06 bits per heavy atom. The highest BCUT2D eigenvalue weighted by Crippen LogP contribution is 2.49. The number of carbonyl (C=O) groups is 1. The summed E-state index contributed by atoms with van der Waals surface area (Å²) in [5, 5.41) is 15.0. The summed E-state index contributed by atoms with van der Waals surface area (Å²) in [6.07, 6.45) is 9.66. The van der Waals surface area contributed by atoms with E-state index in [1.807, 2.05) is 11.1 Å². The van der Waals surface area contributed by atoms with Crippen LogP contribution in [0.5, 0.6) is 5.75 Å². The predicted molar refractivity (Wildman–Crippen MR) is 140 cm³/mol. The number of rotatable bonds is 8. The number of allylic oxidation sites excluding steroid dienone is 4. The quantitative estimate of drug-likeness (QED) is 0.434. The normalized spacial score (nSPS) is 21.4. The van der Waals surface area contributed by atoms with Crippen molar-refractivity contribution in [2.75, 3.05) is 5.01 Å². The number of hydrogen-bond donors (Lipinski definition) is 3. The number of nitrogens with one attached hydrogen (secondary N) is 2. The standard InChI is InChI=1S/C30H34FN3O2/c1-3-5-24(33-29(36)15-20-6-4-7-26(35)14-20)16-21-8-9-22-17-28-27(19(2)30(21)22)18-32-34(28)25-12-10-23(31)11-13-25/h4,6-7,10-14,17-19,21,24,32,35H,3,5,8-9,15-16H2,1-2H3,(H,33,36)/t19-,21+,24?/m0/s1. The van der Waals surface area contributed by atoms with Crippen LogP contribution in [0, 0.1) is 17.7 Å². The van der Waals surface area contributed by atoms with Crippen molar-refractivity contribution >= 4 is 11.6 Å². The summed E-state index contributed by atoms with van der Waals surface area (Å²) >= 11 is 0. The maximum absolute atomic E-state index is 13.4. The molecule has 0 saturated heterocycles. The molecule has 1 heterocycles. The van der Waals surface area contributed by atoms with Crippen LogP contribution in [0.4, 0.5) is 10.1 Å². The first kappa shape index (κ1) is 24.2. The molecule has 2 aliphatic carbocycles. The molecule has 1 unspecified atom stereocenters. The molecular weight excluding hydrogens is 453 g/mol. The number of hydrogen-bond acceptors (Lipinski definition) is 4. The van der Waals surface area contributed by atoms with E-state index in [2.05, 4.69) is 36.9 Å². The minimum absolute atomic E-state index is 0.00256. The lowest BCUT2D eigenvalue weighted by Crippen LogP contribution is -2.37. The summed E-state index contributed by atoms with van der Waals surface area (Å²) in [4.78, 5) is 12.8. The fourth-order valence-electron chi connectivity index (χ4n) is 6.03. The molecule has 0 bridgehead atoms. The van der Waals surface area contributed by atoms with Crippen LogP contribution in [-0.4, -0.2) is 17.1 Å². The average molecular weight is 488 g/mol. The van der Waals surface area contributed by atoms with E-state index < -0.39 is 0 Å². The Balaban J connectivity index is 1.30. The number of halogens is 1. The van der Waals surface area contributed by atoms with Gasteiger partial charge >= 0.3 is 0 Å². The molecule has 1 aliphatic heterocycles. The molecule has 6 heteroatoms. The molecule has 36 heavy (non-hydrogen) atoms. The Kier molecular flexibility index (Phi) is 6.86. The molecule has 0 fully saturated rings. The maximum Gasteiger partial charge on any atom is 0.224 e. The molecule has 3 aliphatic rings. The second kappa shape index (κ2) is 10.2. The minimum Gasteiger partial charge on any atom is -0.508 e. The number of nitrogens with zero attached hydrogens (tertiary/aromatic N) is 1. The first-order chi connectivity index (χ1) is 17.4. The summed E-state index contributed by atoms with van der Waals surface area (Å²) in [5.41, 5.74) is 10.4. The van der Waals surface area contributed by atoms with E-state index in [9.17, 15) is 14.3 Å². The Morgan fingerprint density at radius 3 is 2.81 bits per heavy atom. The molecule has 1 amide bonds. The van der Waals surface area contributed by atoms with E-state index in [1.54, 1.807) is 30.3 Å². The predicted octanol–water partition coefficient (Wildman–Crippen LogP) is 5.90. The molecule has 0 spiro atoms. The zero-order valence-corrected chi connectivity index (χ0v) is 20.9. The van der Waals surface area contributed by atoms with Gasteiger partial charge in [0.1, 0.15) is 11.6 Å². The van der Waals surface area contributed by atoms with Gasteiger partial charge in [0.25, 0.3) is 0 Å². The van der Waals surface area contributed by atoms with Gasteiger partial charge in [0.05, 0.1) is 17.8 Å². The molecule has 5 rings (SSSR count). The summed E-state index contributed by atoms with van der Waals surface area (Å²) in [6.45, 7) is 4.43. The Hall–Kier alpha value is -3.54. The van der Waals surface area contributed by atoms with Crippen LogP contribution >= 0.6 is 0 Å². The van der Waals surface area contributed by atoms with Gasteiger partial charge in [-0.3, -0.25) is 9.80 Å². The zero-order valence-electron chi connectivity index (χ0n) is 20.9. The number of carbonyl (C=O) groups excluding carboxylic acids is 1. The van der Waals surface area contributed by atoms with Crippen molar-refractivity contribution in [1.29, 1.82) is 0 Å². The van der Waals surface area contributed by atoms with Crippen LogP contribution in [0.25, 0.3) is 0 Å². The van der Waals surface area contributed by atoms with Crippen molar-refractivity contribution in [2.24, 2.45) is 11.8 Å². The van der Waals surface area contributed by atoms with Crippen molar-refractivity contribution in [3.8, 4) is 5.75 Å². The molecule has 2 aromatic carbocycles. The largest absolute Gasteiger partial charge is 0.508 e. The van der Waals surface area contributed by atoms with Gasteiger partial charge in [-0.1, -0.05) is 38.0 Å². The van der Waals surface area contributed by atoms with Crippen LogP contribution in [0.1, 0.15) is 51.5 Å². The van der Waals surface area contributed by atoms with Gasteiger partial charge in [0.15, 0.2) is 0 Å². The first-order valence-electron chi connectivity index (χ1n) is 13.0. The van der Waals surface area contributed by atoms with Gasteiger partial charge in [-0.15, -0.1) is 0 Å². The van der Waals surface area contributed by atoms with Crippen molar-refractivity contribution < 1.29 is 14.3 Å². The van der Waals surface area contributed by atoms with E-state index in [0.29, 0.717) is 5.92 Å². The number of hydrazine groups is 1. The van der Waals surface area contributed by atoms with Crippen LogP contribution in [-0.2, 0) is 11.2 Å². The Bertz CT molecular complexity index is 1230. The molecule has 2 aromatic rings. The Labute approximate surface area is 212 Å². The van der Waals surface area contributed by atoms with Crippen LogP contribution in [0.2, 0.25) is 0 Å². The number of fused-ring (bicyclic) bond motifs is 1. The van der Waals surface area contributed by atoms with Gasteiger partial charge in [0.2, 0.25) is 5.91 Å². The lowest BCUT2D eigenvalue weighted by molar-refractivity contribution is -0.121. The van der Waals surface area contributed by atoms with E-state index in [4.69, 9.17) is 0 Å². The maximum atomic E-state index is 13.4. The van der Waals surface area contributed by atoms with Crippen molar-refractivity contribution in [2.45, 2.75) is 58.4 Å². The van der Waals surface area contributed by atoms with E-state index in [1.165, 1.54) is 28.9 Å². The Morgan fingerprint density at radius 1 is 1.25 bits per heavy atom. The van der Waals surface area contributed by atoms with Crippen molar-refractivity contribution in [3.05, 3.63) is 94.6 Å². The zero-order chi connectivity index (χ0) is 25.2. The fraction of sp³-hybridized carbons (Fsp3) is 0.367. The number of phenols is 1. The van der Waals surface area contributed by atoms with E-state index in [0.717, 1.165) is 49.1 Å². The molecular formula is C30H34FN3O2. The second-order valence-corrected chi connectivity index (χ2v) is 10.1. The number of benzene rings is 2. The fourth-order valence-corrected chi connectivity index (χ4v) is 6.03. The molecule has 0 radical (unpaired) electrons. The van der Waals surface area contributed by atoms with Gasteiger partial charge in [-0.2, -0.15) is 0 Å². The van der Waals surface area contributed by atoms with Gasteiger partial charge < -0.3 is 15.8 Å². The number of aromatic hydroxyl groups is 1. The molecule has 188 valence electrons. The highest BCUT2D eigenvalue weighted by Gasteiger charge is 2.38. The molecule has 0 aromatic heterocycles. The van der Waals surface area contributed by atoms with Crippen LogP contribution < -0.4 is 15.8 Å². The minimum atomic E-state index is -0.239. The lowest BCUT2D eigenvalue weighted by atomic mass is 9.78. The summed E-state index contributed by atoms with van der Waals surface area (Å²) in [6, 6.07) is 13.6. The summed E-state index contributed by atoms with van der Waals surface area (Å²) in [5.74, 6) is 0.671. The highest BCUT2D eigenvalue weighted by molar-refractivity contribution is 5.79. The molecule has 3 atom stereocenters. The third-order valence-corrected chi connectivity index (χ3v) is 7.63. The highest BCUT2D eigenvalue weighted by atomic mass is 19.1. The number of anilines is 1. The third kappa shape index (κ3) is 4.90. The number of phenolic OH excluding ortho intramolecular Hbond substituents is 1. The molecule has 3 N–H and O–H groups in total. The van der Waals surface area contributed by atoms with Gasteiger partial charge in [0, 0.05) is 23.7 Å². The van der Waals surface area contributed by atoms with Gasteiger partial charge in [-0.05, 0) is 85.2 Å². The summed E-state index contributed by atoms with van der Waals surface area (Å²) in [7, 11) is 0. The van der Waals surface area contributed by atoms with E-state index >= 15 is 0 Å². The second-order valence-electron chi connectivity index (χ2n) is 10.1. The topological polar surface area (TPSA) is 64.6 Å². The molecule has 0 saturated carbocycles. The molecule has 5 nitrogen and oxygen atoms in total. The monoisotopic (exact) mass is 487 g/mol. The lowest BCUT2D eigenvalue weighted by Gasteiger charge is -2.31. The van der Waals surface area contributed by atoms with Gasteiger partial charge in [-0.25, -0.2) is 4.39 Å². The van der Waals surface area contributed by atoms with E-state index in [-0.39, 0.29) is 35.9 Å². The van der Waals surface area contributed by atoms with Crippen molar-refractivity contribution in [3.63, 3.8) is 0 Å². The number of amides is 1. The van der Waals surface area contributed by atoms with Crippen LogP contribution in [0.3, 0.4) is 0 Å².